The molecular formula is C8H12N4O2S. The molecule has 2 heterocycles. The van der Waals surface area contributed by atoms with E-state index in [2.05, 4.69) is 15.4 Å². The van der Waals surface area contributed by atoms with Crippen LogP contribution in [0.3, 0.4) is 0 Å². The normalized spacial score (nSPS) is 18.7. The summed E-state index contributed by atoms with van der Waals surface area (Å²) in [5.74, 6) is 0.508. The van der Waals surface area contributed by atoms with Crippen molar-refractivity contribution < 1.29 is 4.84 Å². The lowest BCUT2D eigenvalue weighted by Gasteiger charge is -2.12. The standard InChI is InChI=1S/C8H12N4O2S/c1-8(2)3-6(11-14-8)15-5-12-4-9-10-7(12)13/h4H,3,5H2,1-2H3,(H,10,13). The molecule has 1 aromatic rings. The Bertz CT molecular complexity index is 434. The Morgan fingerprint density at radius 1 is 1.73 bits per heavy atom. The summed E-state index contributed by atoms with van der Waals surface area (Å²) in [6.45, 7) is 3.96. The Labute approximate surface area is 90.7 Å². The molecule has 0 unspecified atom stereocenters. The molecule has 15 heavy (non-hydrogen) atoms. The number of H-pyrrole nitrogens is 1. The zero-order valence-corrected chi connectivity index (χ0v) is 9.37. The third-order valence-corrected chi connectivity index (χ3v) is 2.92. The molecule has 1 aromatic heterocycles. The predicted octanol–water partition coefficient (Wildman–Crippen LogP) is 0.774. The van der Waals surface area contributed by atoms with E-state index in [1.165, 1.54) is 22.7 Å². The summed E-state index contributed by atoms with van der Waals surface area (Å²) >= 11 is 1.49. The number of hydrogen-bond donors (Lipinski definition) is 1. The van der Waals surface area contributed by atoms with Gasteiger partial charge in [-0.25, -0.2) is 9.89 Å². The largest absolute Gasteiger partial charge is 0.389 e. The molecule has 0 fully saturated rings. The maximum Gasteiger partial charge on any atom is 0.343 e. The molecule has 1 aliphatic rings. The fraction of sp³-hybridized carbons (Fsp3) is 0.625. The summed E-state index contributed by atoms with van der Waals surface area (Å²) < 4.78 is 1.48. The van der Waals surface area contributed by atoms with Gasteiger partial charge in [-0.15, -0.1) is 0 Å². The maximum atomic E-state index is 11.1. The van der Waals surface area contributed by atoms with Crippen LogP contribution in [-0.2, 0) is 10.7 Å². The van der Waals surface area contributed by atoms with E-state index in [9.17, 15) is 4.79 Å². The van der Waals surface area contributed by atoms with E-state index in [-0.39, 0.29) is 11.3 Å². The third kappa shape index (κ3) is 2.41. The average molecular weight is 228 g/mol. The summed E-state index contributed by atoms with van der Waals surface area (Å²) in [6, 6.07) is 0. The van der Waals surface area contributed by atoms with Crippen molar-refractivity contribution >= 4 is 16.8 Å². The molecule has 1 aliphatic heterocycles. The molecule has 0 spiro atoms. The van der Waals surface area contributed by atoms with E-state index in [4.69, 9.17) is 4.84 Å². The third-order valence-electron chi connectivity index (χ3n) is 1.96. The van der Waals surface area contributed by atoms with Crippen LogP contribution in [-0.4, -0.2) is 25.4 Å². The molecule has 0 amide bonds. The number of oxime groups is 1. The summed E-state index contributed by atoms with van der Waals surface area (Å²) in [6.07, 6.45) is 2.25. The number of hydrogen-bond acceptors (Lipinski definition) is 5. The van der Waals surface area contributed by atoms with E-state index in [0.717, 1.165) is 11.5 Å². The highest BCUT2D eigenvalue weighted by molar-refractivity contribution is 8.13. The number of nitrogens with one attached hydrogen (secondary N) is 1. The van der Waals surface area contributed by atoms with Crippen LogP contribution in [0.1, 0.15) is 20.3 Å². The van der Waals surface area contributed by atoms with Gasteiger partial charge in [0.1, 0.15) is 17.0 Å². The van der Waals surface area contributed by atoms with Gasteiger partial charge in [0.15, 0.2) is 0 Å². The van der Waals surface area contributed by atoms with E-state index in [0.29, 0.717) is 5.88 Å². The van der Waals surface area contributed by atoms with Crippen molar-refractivity contribution in [3.63, 3.8) is 0 Å². The van der Waals surface area contributed by atoms with Gasteiger partial charge in [0.2, 0.25) is 0 Å². The number of thioether (sulfide) groups is 1. The highest BCUT2D eigenvalue weighted by atomic mass is 32.2. The second kappa shape index (κ2) is 3.73. The molecule has 0 aliphatic carbocycles. The molecule has 2 rings (SSSR count). The van der Waals surface area contributed by atoms with Gasteiger partial charge in [0.25, 0.3) is 0 Å². The first kappa shape index (κ1) is 10.3. The Morgan fingerprint density at radius 2 is 2.53 bits per heavy atom. The molecule has 0 saturated carbocycles. The van der Waals surface area contributed by atoms with Gasteiger partial charge in [0, 0.05) is 6.42 Å². The first-order valence-electron chi connectivity index (χ1n) is 4.54. The minimum atomic E-state index is -0.219. The highest BCUT2D eigenvalue weighted by Crippen LogP contribution is 2.27. The number of aromatic amines is 1. The highest BCUT2D eigenvalue weighted by Gasteiger charge is 2.28. The summed E-state index contributed by atoms with van der Waals surface area (Å²) in [5, 5.41) is 10.8. The van der Waals surface area contributed by atoms with Crippen molar-refractivity contribution in [2.24, 2.45) is 5.16 Å². The summed E-state index contributed by atoms with van der Waals surface area (Å²) in [7, 11) is 0. The minimum absolute atomic E-state index is 0.207. The van der Waals surface area contributed by atoms with Gasteiger partial charge in [0.05, 0.1) is 5.88 Å². The molecule has 6 nitrogen and oxygen atoms in total. The SMILES string of the molecule is CC1(C)CC(SCn2cn[nH]c2=O)=NO1. The average Bonchev–Trinajstić information content (AvgIpc) is 2.69. The Balaban J connectivity index is 1.91. The molecule has 0 atom stereocenters. The van der Waals surface area contributed by atoms with E-state index < -0.39 is 0 Å². The lowest BCUT2D eigenvalue weighted by Crippen LogP contribution is -2.19. The molecule has 0 radical (unpaired) electrons. The number of rotatable bonds is 2. The van der Waals surface area contributed by atoms with Gasteiger partial charge in [-0.2, -0.15) is 5.10 Å². The van der Waals surface area contributed by atoms with Crippen LogP contribution in [0.25, 0.3) is 0 Å². The number of aromatic nitrogens is 3. The van der Waals surface area contributed by atoms with E-state index >= 15 is 0 Å². The minimum Gasteiger partial charge on any atom is -0.389 e. The first-order chi connectivity index (χ1) is 7.07. The van der Waals surface area contributed by atoms with E-state index in [1.54, 1.807) is 0 Å². The molecule has 82 valence electrons. The molecule has 7 heteroatoms. The molecule has 0 aromatic carbocycles. The second-order valence-corrected chi connectivity index (χ2v) is 4.94. The van der Waals surface area contributed by atoms with Crippen LogP contribution in [0, 0.1) is 0 Å². The Kier molecular flexibility index (Phi) is 2.56. The number of nitrogens with zero attached hydrogens (tertiary/aromatic N) is 3. The van der Waals surface area contributed by atoms with Crippen LogP contribution in [0.15, 0.2) is 16.3 Å². The van der Waals surface area contributed by atoms with Gasteiger partial charge in [-0.1, -0.05) is 16.9 Å². The molecule has 1 N–H and O–H groups in total. The predicted molar refractivity (Wildman–Crippen MR) is 57.7 cm³/mol. The molecule has 0 saturated heterocycles. The van der Waals surface area contributed by atoms with Crippen molar-refractivity contribution in [1.82, 2.24) is 14.8 Å². The zero-order chi connectivity index (χ0) is 10.9. The summed E-state index contributed by atoms with van der Waals surface area (Å²) in [5.41, 5.74) is -0.426. The zero-order valence-electron chi connectivity index (χ0n) is 8.56. The topological polar surface area (TPSA) is 72.3 Å². The Hall–Kier alpha value is -1.24. The second-order valence-electron chi connectivity index (χ2n) is 3.92. The lowest BCUT2D eigenvalue weighted by atomic mass is 10.1. The molecule has 0 bridgehead atoms. The fourth-order valence-electron chi connectivity index (χ4n) is 1.19. The van der Waals surface area contributed by atoms with Crippen LogP contribution in [0.2, 0.25) is 0 Å². The van der Waals surface area contributed by atoms with Crippen LogP contribution in [0.4, 0.5) is 0 Å². The van der Waals surface area contributed by atoms with Gasteiger partial charge in [-0.05, 0) is 13.8 Å². The smallest absolute Gasteiger partial charge is 0.343 e. The quantitative estimate of drug-likeness (QED) is 0.811. The van der Waals surface area contributed by atoms with Crippen molar-refractivity contribution in [2.75, 3.05) is 0 Å². The van der Waals surface area contributed by atoms with Crippen LogP contribution >= 0.6 is 11.8 Å². The summed E-state index contributed by atoms with van der Waals surface area (Å²) in [4.78, 5) is 16.3. The van der Waals surface area contributed by atoms with Gasteiger partial charge >= 0.3 is 5.69 Å². The first-order valence-corrected chi connectivity index (χ1v) is 5.53. The van der Waals surface area contributed by atoms with Crippen molar-refractivity contribution in [3.8, 4) is 0 Å². The van der Waals surface area contributed by atoms with E-state index in [1.807, 2.05) is 13.8 Å². The van der Waals surface area contributed by atoms with Crippen molar-refractivity contribution in [3.05, 3.63) is 16.8 Å². The monoisotopic (exact) mass is 228 g/mol. The van der Waals surface area contributed by atoms with Crippen molar-refractivity contribution in [1.29, 1.82) is 0 Å². The molecular weight excluding hydrogens is 216 g/mol. The van der Waals surface area contributed by atoms with Crippen LogP contribution < -0.4 is 5.69 Å². The Morgan fingerprint density at radius 3 is 3.07 bits per heavy atom. The van der Waals surface area contributed by atoms with Crippen molar-refractivity contribution in [2.45, 2.75) is 31.7 Å². The fourth-order valence-corrected chi connectivity index (χ4v) is 2.20. The maximum absolute atomic E-state index is 11.1. The van der Waals surface area contributed by atoms with Gasteiger partial charge < -0.3 is 4.84 Å². The van der Waals surface area contributed by atoms with Crippen LogP contribution in [0.5, 0.6) is 0 Å². The van der Waals surface area contributed by atoms with Gasteiger partial charge in [-0.3, -0.25) is 4.57 Å². The lowest BCUT2D eigenvalue weighted by molar-refractivity contribution is 0.0123.